The van der Waals surface area contributed by atoms with E-state index >= 15 is 0 Å². The minimum Gasteiger partial charge on any atom is -0.380 e. The molecule has 3 nitrogen and oxygen atoms in total. The maximum atomic E-state index is 13.6. The molecule has 0 spiro atoms. The van der Waals surface area contributed by atoms with Gasteiger partial charge in [-0.2, -0.15) is 0 Å². The average molecular weight is 741 g/mol. The number of benzene rings is 5. The molecule has 11 rings (SSSR count). The Labute approximate surface area is 336 Å². The molecule has 2 heterocycles. The van der Waals surface area contributed by atoms with Gasteiger partial charge in [-0.3, -0.25) is 5.32 Å². The fourth-order valence-corrected chi connectivity index (χ4v) is 10.9. The summed E-state index contributed by atoms with van der Waals surface area (Å²) in [7, 11) is 0. The van der Waals surface area contributed by atoms with Crippen LogP contribution in [0.3, 0.4) is 0 Å². The van der Waals surface area contributed by atoms with Crippen molar-refractivity contribution < 1.29 is 5.11 Å². The Balaban J connectivity index is 1.05. The molecular weight excluding hydrogens is 693 g/mol. The van der Waals surface area contributed by atoms with Crippen molar-refractivity contribution in [1.29, 1.82) is 0 Å². The van der Waals surface area contributed by atoms with Crippen LogP contribution in [-0.2, 0) is 5.60 Å². The van der Waals surface area contributed by atoms with E-state index in [2.05, 4.69) is 186 Å². The molecule has 6 atom stereocenters. The van der Waals surface area contributed by atoms with Crippen LogP contribution < -0.4 is 5.32 Å². The van der Waals surface area contributed by atoms with Crippen LogP contribution in [-0.4, -0.2) is 9.67 Å². The van der Waals surface area contributed by atoms with E-state index in [1.54, 1.807) is 0 Å². The summed E-state index contributed by atoms with van der Waals surface area (Å²) < 4.78 is 2.48. The van der Waals surface area contributed by atoms with Crippen molar-refractivity contribution in [3.8, 4) is 16.9 Å². The lowest BCUT2D eigenvalue weighted by atomic mass is 9.65. The number of para-hydroxylation sites is 1. The first-order valence-electron chi connectivity index (χ1n) is 21.0. The second-order valence-electron chi connectivity index (χ2n) is 16.8. The molecule has 5 aromatic carbocycles. The molecule has 4 unspecified atom stereocenters. The maximum absolute atomic E-state index is 13.6. The molecule has 1 aromatic heterocycles. The van der Waals surface area contributed by atoms with Crippen LogP contribution in [0.5, 0.6) is 0 Å². The predicted octanol–water partition coefficient (Wildman–Crippen LogP) is 12.6. The largest absolute Gasteiger partial charge is 0.380 e. The van der Waals surface area contributed by atoms with Gasteiger partial charge in [0.25, 0.3) is 0 Å². The molecule has 0 radical (unpaired) electrons. The molecule has 280 valence electrons. The predicted molar refractivity (Wildman–Crippen MR) is 234 cm³/mol. The summed E-state index contributed by atoms with van der Waals surface area (Å²) in [6.07, 6.45) is 23.0. The topological polar surface area (TPSA) is 37.2 Å². The molecule has 0 saturated heterocycles. The fraction of sp³-hybridized carbons (Fsp3) is 0.222. The smallest absolute Gasteiger partial charge is 0.122 e. The van der Waals surface area contributed by atoms with Gasteiger partial charge in [-0.05, 0) is 95.2 Å². The molecule has 57 heavy (non-hydrogen) atoms. The minimum absolute atomic E-state index is 0.0132. The molecule has 0 amide bonds. The molecule has 3 heteroatoms. The third kappa shape index (κ3) is 5.70. The Morgan fingerprint density at radius 2 is 1.47 bits per heavy atom. The highest BCUT2D eigenvalue weighted by Gasteiger charge is 2.50. The Morgan fingerprint density at radius 3 is 2.33 bits per heavy atom. The van der Waals surface area contributed by atoms with Crippen LogP contribution in [0.1, 0.15) is 84.3 Å². The lowest BCUT2D eigenvalue weighted by Crippen LogP contribution is -2.39. The Bertz CT molecular complexity index is 2640. The lowest BCUT2D eigenvalue weighted by Gasteiger charge is -2.42. The van der Waals surface area contributed by atoms with Gasteiger partial charge < -0.3 is 9.67 Å². The first-order valence-corrected chi connectivity index (χ1v) is 21.0. The number of hydrogen-bond donors (Lipinski definition) is 2. The van der Waals surface area contributed by atoms with Crippen molar-refractivity contribution in [2.45, 2.75) is 62.1 Å². The van der Waals surface area contributed by atoms with Gasteiger partial charge >= 0.3 is 0 Å². The van der Waals surface area contributed by atoms with E-state index in [0.29, 0.717) is 5.92 Å². The highest BCUT2D eigenvalue weighted by molar-refractivity contribution is 5.96. The number of nitrogens with zero attached hydrogens (tertiary/aromatic N) is 1. The van der Waals surface area contributed by atoms with Crippen molar-refractivity contribution >= 4 is 16.5 Å². The maximum Gasteiger partial charge on any atom is 0.122 e. The molecule has 1 aliphatic heterocycles. The van der Waals surface area contributed by atoms with Crippen molar-refractivity contribution in [3.63, 3.8) is 0 Å². The summed E-state index contributed by atoms with van der Waals surface area (Å²) in [6, 6.07) is 48.8. The number of hydrogen-bond acceptors (Lipinski definition) is 2. The van der Waals surface area contributed by atoms with Gasteiger partial charge in [0.2, 0.25) is 0 Å². The number of allylic oxidation sites excluding steroid dienone is 5. The third-order valence-electron chi connectivity index (χ3n) is 13.7. The summed E-state index contributed by atoms with van der Waals surface area (Å²) in [6.45, 7) is 0. The molecule has 2 N–H and O–H groups in total. The van der Waals surface area contributed by atoms with Gasteiger partial charge in [0, 0.05) is 34.5 Å². The quantitative estimate of drug-likeness (QED) is 0.185. The normalized spacial score (nSPS) is 26.3. The lowest BCUT2D eigenvalue weighted by molar-refractivity contribution is 0.0301. The molecule has 1 fully saturated rings. The molecule has 5 aliphatic rings. The van der Waals surface area contributed by atoms with Gasteiger partial charge in [0.1, 0.15) is 5.60 Å². The standard InChI is InChI=1S/C54H48N2O/c57-54(42-30-27-37-17-7-8-20-40(37)33-42)47-24-12-9-21-44(47)52-46-23-11-14-26-51(46)56(53(52)45-22-10-13-25-48(45)54)43-31-28-39(29-32-43)50-35-41(36-15-3-1-4-16-36)34-49(55-50)38-18-5-2-6-19-38/h1-6,9-16,18-19,21-26,28-34,37,44,47,49-50,55,57H,7-8,17,20,27,35H2/t37?,44?,47-,49?,50?,54-/m0/s1. The molecule has 6 aromatic rings. The second kappa shape index (κ2) is 14.0. The van der Waals surface area contributed by atoms with Crippen LogP contribution in [0, 0.1) is 11.8 Å². The zero-order chi connectivity index (χ0) is 37.9. The summed E-state index contributed by atoms with van der Waals surface area (Å²) in [4.78, 5) is 0. The van der Waals surface area contributed by atoms with Crippen molar-refractivity contribution in [2.75, 3.05) is 0 Å². The second-order valence-corrected chi connectivity index (χ2v) is 16.8. The van der Waals surface area contributed by atoms with Crippen LogP contribution in [0.2, 0.25) is 0 Å². The SMILES string of the molecule is O[C@]1(C2=CCC3CCCCC3=C2)c2ccccc2-c2c(c3ccccc3n2-c2ccc(C3CC(c4ccccc4)=CC(c4ccccc4)N3)cc2)C2C=CC=C[C@@H]21. The third-order valence-corrected chi connectivity index (χ3v) is 13.7. The molecule has 1 saturated carbocycles. The number of aliphatic hydroxyl groups is 1. The van der Waals surface area contributed by atoms with Gasteiger partial charge in [-0.25, -0.2) is 0 Å². The summed E-state index contributed by atoms with van der Waals surface area (Å²) in [5.74, 6) is 0.449. The Kier molecular flexibility index (Phi) is 8.49. The van der Waals surface area contributed by atoms with Crippen LogP contribution in [0.25, 0.3) is 33.4 Å². The van der Waals surface area contributed by atoms with E-state index in [1.807, 2.05) is 0 Å². The Hall–Kier alpha value is -5.74. The van der Waals surface area contributed by atoms with Gasteiger partial charge in [0.15, 0.2) is 0 Å². The minimum atomic E-state index is -1.18. The first kappa shape index (κ1) is 34.5. The molecule has 0 bridgehead atoms. The van der Waals surface area contributed by atoms with E-state index in [0.717, 1.165) is 41.6 Å². The van der Waals surface area contributed by atoms with Crippen molar-refractivity contribution in [3.05, 3.63) is 215 Å². The molecular formula is C54H48N2O. The van der Waals surface area contributed by atoms with E-state index in [1.165, 1.54) is 69.3 Å². The van der Waals surface area contributed by atoms with E-state index in [-0.39, 0.29) is 23.9 Å². The van der Waals surface area contributed by atoms with Gasteiger partial charge in [-0.1, -0.05) is 170 Å². The monoisotopic (exact) mass is 740 g/mol. The van der Waals surface area contributed by atoms with Gasteiger partial charge in [-0.15, -0.1) is 0 Å². The number of nitrogens with one attached hydrogen (secondary N) is 1. The fourth-order valence-electron chi connectivity index (χ4n) is 10.9. The summed E-state index contributed by atoms with van der Waals surface area (Å²) in [5, 5.41) is 18.8. The van der Waals surface area contributed by atoms with E-state index < -0.39 is 5.60 Å². The zero-order valence-corrected chi connectivity index (χ0v) is 32.3. The van der Waals surface area contributed by atoms with Crippen LogP contribution >= 0.6 is 0 Å². The average Bonchev–Trinajstić information content (AvgIpc) is 3.59. The van der Waals surface area contributed by atoms with E-state index in [4.69, 9.17) is 0 Å². The Morgan fingerprint density at radius 1 is 0.719 bits per heavy atom. The summed E-state index contributed by atoms with van der Waals surface area (Å²) in [5.41, 5.74) is 13.5. The van der Waals surface area contributed by atoms with E-state index in [9.17, 15) is 5.11 Å². The summed E-state index contributed by atoms with van der Waals surface area (Å²) >= 11 is 0. The highest BCUT2D eigenvalue weighted by Crippen LogP contribution is 2.58. The molecule has 4 aliphatic carbocycles. The van der Waals surface area contributed by atoms with Crippen molar-refractivity contribution in [1.82, 2.24) is 9.88 Å². The first-order chi connectivity index (χ1) is 28.1. The number of aromatic nitrogens is 1. The van der Waals surface area contributed by atoms with Crippen LogP contribution in [0.4, 0.5) is 0 Å². The van der Waals surface area contributed by atoms with Gasteiger partial charge in [0.05, 0.1) is 17.3 Å². The highest BCUT2D eigenvalue weighted by atomic mass is 16.3. The van der Waals surface area contributed by atoms with Crippen molar-refractivity contribution in [2.24, 2.45) is 11.8 Å². The number of rotatable bonds is 5. The van der Waals surface area contributed by atoms with Crippen LogP contribution in [0.15, 0.2) is 187 Å². The number of fused-ring (bicyclic) bond motifs is 8. The zero-order valence-electron chi connectivity index (χ0n) is 32.3.